The summed E-state index contributed by atoms with van der Waals surface area (Å²) in [5.74, 6) is 0. The maximum absolute atomic E-state index is 11.1. The molecule has 8 nitrogen and oxygen atoms in total. The van der Waals surface area contributed by atoms with Gasteiger partial charge in [-0.2, -0.15) is 13.5 Å². The highest BCUT2D eigenvalue weighted by Gasteiger charge is 2.32. The van der Waals surface area contributed by atoms with Crippen molar-refractivity contribution >= 4 is 15.8 Å². The van der Waals surface area contributed by atoms with E-state index in [-0.39, 0.29) is 17.8 Å². The van der Waals surface area contributed by atoms with Gasteiger partial charge in [0.05, 0.1) is 23.3 Å². The molecule has 1 aliphatic rings. The fourth-order valence-corrected chi connectivity index (χ4v) is 3.11. The van der Waals surface area contributed by atoms with E-state index in [2.05, 4.69) is 5.10 Å². The molecule has 0 aliphatic heterocycles. The van der Waals surface area contributed by atoms with Crippen molar-refractivity contribution < 1.29 is 17.5 Å². The summed E-state index contributed by atoms with van der Waals surface area (Å²) in [6.45, 7) is 1.63. The van der Waals surface area contributed by atoms with Gasteiger partial charge >= 0.3 is 5.69 Å². The van der Waals surface area contributed by atoms with Crippen LogP contribution in [0.25, 0.3) is 0 Å². The summed E-state index contributed by atoms with van der Waals surface area (Å²) in [7, 11) is -3.47. The Bertz CT molecular complexity index is 594. The summed E-state index contributed by atoms with van der Waals surface area (Å²) < 4.78 is 28.6. The molecule has 2 unspecified atom stereocenters. The van der Waals surface area contributed by atoms with E-state index < -0.39 is 15.0 Å². The van der Waals surface area contributed by atoms with Gasteiger partial charge in [-0.15, -0.1) is 0 Å². The van der Waals surface area contributed by atoms with Gasteiger partial charge < -0.3 is 0 Å². The van der Waals surface area contributed by atoms with Crippen molar-refractivity contribution in [2.75, 3.05) is 6.26 Å². The Morgan fingerprint density at radius 3 is 2.74 bits per heavy atom. The normalized spacial score (nSPS) is 23.7. The van der Waals surface area contributed by atoms with Gasteiger partial charge in [-0.05, 0) is 26.2 Å². The van der Waals surface area contributed by atoms with E-state index in [0.717, 1.165) is 6.26 Å². The number of hydrogen-bond donors (Lipinski definition) is 0. The molecule has 106 valence electrons. The number of rotatable bonds is 4. The second-order valence-electron chi connectivity index (χ2n) is 4.71. The molecular formula is C10H15N3O5S. The maximum atomic E-state index is 11.1. The quantitative estimate of drug-likeness (QED) is 0.468. The molecule has 2 atom stereocenters. The third-order valence-electron chi connectivity index (χ3n) is 3.23. The molecule has 0 spiro atoms. The lowest BCUT2D eigenvalue weighted by Crippen LogP contribution is -2.16. The van der Waals surface area contributed by atoms with Crippen molar-refractivity contribution in [3.05, 3.63) is 22.0 Å². The van der Waals surface area contributed by atoms with Gasteiger partial charge in [-0.1, -0.05) is 0 Å². The van der Waals surface area contributed by atoms with E-state index in [1.54, 1.807) is 11.6 Å². The Labute approximate surface area is 110 Å². The molecule has 1 saturated carbocycles. The predicted octanol–water partition coefficient (Wildman–Crippen LogP) is 1.17. The van der Waals surface area contributed by atoms with Crippen molar-refractivity contribution in [2.24, 2.45) is 0 Å². The average Bonchev–Trinajstić information content (AvgIpc) is 2.82. The molecule has 0 amide bonds. The van der Waals surface area contributed by atoms with Gasteiger partial charge in [0.15, 0.2) is 0 Å². The van der Waals surface area contributed by atoms with Crippen LogP contribution in [0.2, 0.25) is 0 Å². The van der Waals surface area contributed by atoms with Crippen molar-refractivity contribution in [2.45, 2.75) is 38.3 Å². The predicted molar refractivity (Wildman–Crippen MR) is 66.2 cm³/mol. The highest BCUT2D eigenvalue weighted by molar-refractivity contribution is 7.86. The first-order chi connectivity index (χ1) is 8.78. The van der Waals surface area contributed by atoms with E-state index in [9.17, 15) is 18.5 Å². The van der Waals surface area contributed by atoms with Crippen LogP contribution in [0.1, 0.15) is 31.0 Å². The molecule has 0 aromatic carbocycles. The molecule has 0 N–H and O–H groups in total. The fourth-order valence-electron chi connectivity index (χ4n) is 2.44. The summed E-state index contributed by atoms with van der Waals surface area (Å²) in [5.41, 5.74) is 0.461. The zero-order chi connectivity index (χ0) is 14.2. The first kappa shape index (κ1) is 13.9. The Balaban J connectivity index is 2.11. The van der Waals surface area contributed by atoms with E-state index in [1.165, 1.54) is 6.20 Å². The van der Waals surface area contributed by atoms with E-state index in [4.69, 9.17) is 4.18 Å². The van der Waals surface area contributed by atoms with Gasteiger partial charge in [-0.3, -0.25) is 19.0 Å². The first-order valence-corrected chi connectivity index (χ1v) is 7.66. The Kier molecular flexibility index (Phi) is 3.59. The van der Waals surface area contributed by atoms with Crippen LogP contribution in [-0.4, -0.2) is 35.5 Å². The molecule has 19 heavy (non-hydrogen) atoms. The molecule has 1 aliphatic carbocycles. The number of hydrogen-bond acceptors (Lipinski definition) is 6. The number of aromatic nitrogens is 2. The standard InChI is InChI=1S/C10H15N3O5S/c1-7-10(13(14)15)6-11-12(7)8-3-4-9(5-8)18-19(2,16)17/h6,8-9H,3-5H2,1-2H3. The summed E-state index contributed by atoms with van der Waals surface area (Å²) >= 11 is 0. The summed E-state index contributed by atoms with van der Waals surface area (Å²) in [5, 5.41) is 14.8. The van der Waals surface area contributed by atoms with Crippen molar-refractivity contribution in [3.63, 3.8) is 0 Å². The molecule has 1 fully saturated rings. The summed E-state index contributed by atoms with van der Waals surface area (Å²) in [4.78, 5) is 10.3. The minimum Gasteiger partial charge on any atom is -0.267 e. The van der Waals surface area contributed by atoms with Crippen LogP contribution in [0.15, 0.2) is 6.20 Å². The largest absolute Gasteiger partial charge is 0.309 e. The molecule has 1 heterocycles. The Morgan fingerprint density at radius 2 is 2.21 bits per heavy atom. The second-order valence-corrected chi connectivity index (χ2v) is 6.31. The monoisotopic (exact) mass is 289 g/mol. The number of nitro groups is 1. The van der Waals surface area contributed by atoms with E-state index >= 15 is 0 Å². The minimum absolute atomic E-state index is 0.0209. The van der Waals surface area contributed by atoms with Crippen LogP contribution in [-0.2, 0) is 14.3 Å². The molecule has 1 aromatic heterocycles. The van der Waals surface area contributed by atoms with Crippen LogP contribution < -0.4 is 0 Å². The van der Waals surface area contributed by atoms with Crippen LogP contribution in [0.4, 0.5) is 5.69 Å². The smallest absolute Gasteiger partial charge is 0.267 e. The minimum atomic E-state index is -3.47. The van der Waals surface area contributed by atoms with Crippen LogP contribution in [0, 0.1) is 17.0 Å². The Morgan fingerprint density at radius 1 is 1.53 bits per heavy atom. The molecule has 2 rings (SSSR count). The van der Waals surface area contributed by atoms with Crippen molar-refractivity contribution in [1.82, 2.24) is 9.78 Å². The summed E-state index contributed by atoms with van der Waals surface area (Å²) in [6.07, 6.45) is 3.66. The Hall–Kier alpha value is -1.48. The van der Waals surface area contributed by atoms with Gasteiger partial charge in [0.25, 0.3) is 10.1 Å². The van der Waals surface area contributed by atoms with Gasteiger partial charge in [0.1, 0.15) is 11.9 Å². The first-order valence-electron chi connectivity index (χ1n) is 5.84. The third kappa shape index (κ3) is 3.10. The van der Waals surface area contributed by atoms with Gasteiger partial charge in [0.2, 0.25) is 0 Å². The van der Waals surface area contributed by atoms with Crippen molar-refractivity contribution in [1.29, 1.82) is 0 Å². The molecule has 1 aromatic rings. The summed E-state index contributed by atoms with van der Waals surface area (Å²) in [6, 6.07) is -0.0551. The second kappa shape index (κ2) is 4.89. The zero-order valence-corrected chi connectivity index (χ0v) is 11.5. The molecule has 9 heteroatoms. The fraction of sp³-hybridized carbons (Fsp3) is 0.700. The third-order valence-corrected chi connectivity index (χ3v) is 3.85. The molecular weight excluding hydrogens is 274 g/mol. The maximum Gasteiger partial charge on any atom is 0.309 e. The van der Waals surface area contributed by atoms with E-state index in [0.29, 0.717) is 25.0 Å². The van der Waals surface area contributed by atoms with Crippen molar-refractivity contribution in [3.8, 4) is 0 Å². The zero-order valence-electron chi connectivity index (χ0n) is 10.6. The SMILES string of the molecule is Cc1c([N+](=O)[O-])cnn1C1CCC(OS(C)(=O)=O)C1. The van der Waals surface area contributed by atoms with Crippen LogP contribution in [0.3, 0.4) is 0 Å². The lowest BCUT2D eigenvalue weighted by molar-refractivity contribution is -0.385. The van der Waals surface area contributed by atoms with Gasteiger partial charge in [0, 0.05) is 0 Å². The number of nitrogens with zero attached hydrogens (tertiary/aromatic N) is 3. The molecule has 0 saturated heterocycles. The van der Waals surface area contributed by atoms with E-state index in [1.807, 2.05) is 0 Å². The molecule has 0 bridgehead atoms. The van der Waals surface area contributed by atoms with Gasteiger partial charge in [-0.25, -0.2) is 0 Å². The lowest BCUT2D eigenvalue weighted by atomic mass is 10.2. The highest BCUT2D eigenvalue weighted by Crippen LogP contribution is 2.34. The average molecular weight is 289 g/mol. The lowest BCUT2D eigenvalue weighted by Gasteiger charge is -2.12. The van der Waals surface area contributed by atoms with Crippen LogP contribution >= 0.6 is 0 Å². The van der Waals surface area contributed by atoms with Crippen LogP contribution in [0.5, 0.6) is 0 Å². The molecule has 0 radical (unpaired) electrons. The topological polar surface area (TPSA) is 104 Å². The highest BCUT2D eigenvalue weighted by atomic mass is 32.2.